The summed E-state index contributed by atoms with van der Waals surface area (Å²) in [5, 5.41) is 10.7. The summed E-state index contributed by atoms with van der Waals surface area (Å²) >= 11 is 3.15. The minimum atomic E-state index is -1.30. The van der Waals surface area contributed by atoms with Gasteiger partial charge in [0.15, 0.2) is 0 Å². The van der Waals surface area contributed by atoms with Crippen LogP contribution in [0.25, 0.3) is 10.1 Å². The Balaban J connectivity index is 0.00000205. The van der Waals surface area contributed by atoms with Gasteiger partial charge in [-0.2, -0.15) is 0 Å². The first-order valence-corrected chi connectivity index (χ1v) is 15.8. The number of nitrogens with zero attached hydrogens (tertiary/aromatic N) is 2. The fraction of sp³-hybridized carbons (Fsp3) is 0.357. The van der Waals surface area contributed by atoms with Gasteiger partial charge in [-0.3, -0.25) is 10.1 Å². The molecule has 0 saturated carbocycles. The fourth-order valence-electron chi connectivity index (χ4n) is 4.13. The minimum absolute atomic E-state index is 0.120. The molecular weight excluding hydrogens is 551 g/mol. The van der Waals surface area contributed by atoms with E-state index in [1.54, 1.807) is 16.7 Å². The summed E-state index contributed by atoms with van der Waals surface area (Å²) in [7, 11) is -1.30. The van der Waals surface area contributed by atoms with Gasteiger partial charge in [0, 0.05) is 49.4 Å². The molecule has 208 valence electrons. The number of thioether (sulfide) groups is 1. The molecule has 3 N–H and O–H groups in total. The zero-order valence-corrected chi connectivity index (χ0v) is 24.9. The molecule has 3 aromatic rings. The number of nitrogens with one attached hydrogen (secondary N) is 3. The lowest BCUT2D eigenvalue weighted by Gasteiger charge is -2.34. The Morgan fingerprint density at radius 1 is 1.10 bits per heavy atom. The van der Waals surface area contributed by atoms with Gasteiger partial charge in [0.1, 0.15) is 16.0 Å². The predicted octanol–water partition coefficient (Wildman–Crippen LogP) is 4.57. The zero-order chi connectivity index (χ0) is 28.4. The lowest BCUT2D eigenvalue weighted by molar-refractivity contribution is 0.0704. The van der Waals surface area contributed by atoms with Crippen LogP contribution >= 0.6 is 23.1 Å². The second-order valence-corrected chi connectivity index (χ2v) is 12.4. The SMILES string of the molecule is C#C.CCNC(=O)Nc1sc2ccccc2c1C(=O)N1CCN(S(=O)c2cccc(CNC(C)SC)c2)CC1. The van der Waals surface area contributed by atoms with Gasteiger partial charge in [-0.05, 0) is 43.9 Å². The van der Waals surface area contributed by atoms with Crippen molar-refractivity contribution < 1.29 is 13.8 Å². The number of carbonyl (C=O) groups is 2. The molecule has 1 aromatic heterocycles. The monoisotopic (exact) mass is 585 g/mol. The second-order valence-electron chi connectivity index (χ2n) is 8.66. The lowest BCUT2D eigenvalue weighted by atomic mass is 10.1. The van der Waals surface area contributed by atoms with Crippen LogP contribution in [0.2, 0.25) is 0 Å². The van der Waals surface area contributed by atoms with Crippen molar-refractivity contribution in [3.63, 3.8) is 0 Å². The van der Waals surface area contributed by atoms with Crippen molar-refractivity contribution in [1.82, 2.24) is 19.8 Å². The van der Waals surface area contributed by atoms with Crippen LogP contribution in [0.3, 0.4) is 0 Å². The van der Waals surface area contributed by atoms with Crippen LogP contribution in [0.15, 0.2) is 53.4 Å². The first kappa shape index (κ1) is 30.7. The molecule has 1 aliphatic rings. The van der Waals surface area contributed by atoms with E-state index in [-0.39, 0.29) is 11.9 Å². The van der Waals surface area contributed by atoms with Gasteiger partial charge < -0.3 is 15.5 Å². The quantitative estimate of drug-likeness (QED) is 0.253. The van der Waals surface area contributed by atoms with E-state index in [9.17, 15) is 13.8 Å². The Morgan fingerprint density at radius 2 is 1.82 bits per heavy atom. The molecule has 4 rings (SSSR count). The van der Waals surface area contributed by atoms with Crippen LogP contribution in [0.5, 0.6) is 0 Å². The molecular formula is C28H35N5O3S3. The number of urea groups is 1. The zero-order valence-electron chi connectivity index (χ0n) is 22.4. The molecule has 2 unspecified atom stereocenters. The largest absolute Gasteiger partial charge is 0.338 e. The molecule has 1 fully saturated rings. The third-order valence-corrected chi connectivity index (χ3v) is 9.63. The van der Waals surface area contributed by atoms with Crippen LogP contribution in [-0.2, 0) is 17.5 Å². The highest BCUT2D eigenvalue weighted by Crippen LogP contribution is 2.36. The number of amides is 3. The van der Waals surface area contributed by atoms with Crippen molar-refractivity contribution in [3.8, 4) is 12.8 Å². The van der Waals surface area contributed by atoms with Crippen molar-refractivity contribution in [3.05, 3.63) is 59.7 Å². The highest BCUT2D eigenvalue weighted by molar-refractivity contribution is 7.99. The van der Waals surface area contributed by atoms with E-state index >= 15 is 0 Å². The summed E-state index contributed by atoms with van der Waals surface area (Å²) in [6.07, 6.45) is 10.1. The number of fused-ring (bicyclic) bond motifs is 1. The van der Waals surface area contributed by atoms with E-state index in [4.69, 9.17) is 0 Å². The Hall–Kier alpha value is -2.88. The topological polar surface area (TPSA) is 93.8 Å². The van der Waals surface area contributed by atoms with Crippen LogP contribution < -0.4 is 16.0 Å². The maximum absolute atomic E-state index is 13.6. The number of piperazine rings is 1. The number of anilines is 1. The number of thiophene rings is 1. The third-order valence-electron chi connectivity index (χ3n) is 6.18. The molecule has 1 aliphatic heterocycles. The van der Waals surface area contributed by atoms with Crippen LogP contribution in [0.4, 0.5) is 9.80 Å². The Labute approximate surface area is 241 Å². The molecule has 2 heterocycles. The molecule has 39 heavy (non-hydrogen) atoms. The standard InChI is InChI=1S/C26H33N5O3S3.C2H2/c1-4-27-26(33)29-24-23(21-10-5-6-11-22(21)36-24)25(32)30-12-14-31(15-13-30)37(34)20-9-7-8-19(16-20)17-28-18(2)35-3;1-2/h5-11,16,18,28H,4,12-15,17H2,1-3H3,(H2,27,29,33);1-2H. The first-order valence-electron chi connectivity index (χ1n) is 12.6. The first-order chi connectivity index (χ1) is 18.9. The lowest BCUT2D eigenvalue weighted by Crippen LogP contribution is -2.49. The number of rotatable bonds is 9. The number of hydrogen-bond donors (Lipinski definition) is 3. The van der Waals surface area contributed by atoms with Gasteiger partial charge in [0.2, 0.25) is 0 Å². The van der Waals surface area contributed by atoms with Crippen molar-refractivity contribution in [1.29, 1.82) is 0 Å². The molecule has 8 nitrogen and oxygen atoms in total. The van der Waals surface area contributed by atoms with Gasteiger partial charge in [-0.25, -0.2) is 13.3 Å². The predicted molar refractivity (Wildman–Crippen MR) is 165 cm³/mol. The van der Waals surface area contributed by atoms with Crippen LogP contribution in [0.1, 0.15) is 29.8 Å². The van der Waals surface area contributed by atoms with Crippen LogP contribution in [-0.4, -0.2) is 69.7 Å². The van der Waals surface area contributed by atoms with E-state index in [1.165, 1.54) is 11.3 Å². The second kappa shape index (κ2) is 15.1. The van der Waals surface area contributed by atoms with E-state index in [1.807, 2.05) is 59.8 Å². The highest BCUT2D eigenvalue weighted by atomic mass is 32.2. The maximum atomic E-state index is 13.6. The fourth-order valence-corrected chi connectivity index (χ4v) is 6.71. The Morgan fingerprint density at radius 3 is 2.51 bits per heavy atom. The normalized spacial score (nSPS) is 15.2. The van der Waals surface area contributed by atoms with E-state index in [0.29, 0.717) is 48.7 Å². The van der Waals surface area contributed by atoms with Gasteiger partial charge in [-0.15, -0.1) is 35.9 Å². The third kappa shape index (κ3) is 7.84. The van der Waals surface area contributed by atoms with E-state index in [2.05, 4.69) is 42.0 Å². The van der Waals surface area contributed by atoms with E-state index in [0.717, 1.165) is 27.1 Å². The van der Waals surface area contributed by atoms with Gasteiger partial charge in [-0.1, -0.05) is 30.3 Å². The minimum Gasteiger partial charge on any atom is -0.338 e. The smallest absolute Gasteiger partial charge is 0.319 e. The Bertz CT molecular complexity index is 1320. The molecule has 2 atom stereocenters. The summed E-state index contributed by atoms with van der Waals surface area (Å²) in [5.41, 5.74) is 1.61. The summed E-state index contributed by atoms with van der Waals surface area (Å²) < 4.78 is 16.2. The maximum Gasteiger partial charge on any atom is 0.319 e. The van der Waals surface area contributed by atoms with Crippen LogP contribution in [0, 0.1) is 12.8 Å². The van der Waals surface area contributed by atoms with Crippen molar-refractivity contribution in [2.45, 2.75) is 30.7 Å². The Kier molecular flexibility index (Phi) is 11.8. The van der Waals surface area contributed by atoms with Crippen molar-refractivity contribution >= 4 is 61.1 Å². The van der Waals surface area contributed by atoms with Gasteiger partial charge in [0.05, 0.1) is 15.8 Å². The van der Waals surface area contributed by atoms with Gasteiger partial charge >= 0.3 is 6.03 Å². The molecule has 0 radical (unpaired) electrons. The van der Waals surface area contributed by atoms with E-state index < -0.39 is 11.0 Å². The number of hydrogen-bond acceptors (Lipinski definition) is 6. The molecule has 2 aromatic carbocycles. The van der Waals surface area contributed by atoms with Crippen molar-refractivity contribution in [2.24, 2.45) is 0 Å². The average molecular weight is 586 g/mol. The summed E-state index contributed by atoms with van der Waals surface area (Å²) in [4.78, 5) is 28.4. The molecule has 11 heteroatoms. The summed E-state index contributed by atoms with van der Waals surface area (Å²) in [6, 6.07) is 15.2. The molecule has 0 bridgehead atoms. The number of benzene rings is 2. The molecule has 3 amide bonds. The van der Waals surface area contributed by atoms with Crippen molar-refractivity contribution in [2.75, 3.05) is 44.3 Å². The molecule has 0 aliphatic carbocycles. The summed E-state index contributed by atoms with van der Waals surface area (Å²) in [5.74, 6) is -0.120. The summed E-state index contributed by atoms with van der Waals surface area (Å²) in [6.45, 7) is 7.11. The number of carbonyl (C=O) groups excluding carboxylic acids is 2. The highest BCUT2D eigenvalue weighted by Gasteiger charge is 2.29. The molecule has 0 spiro atoms. The number of terminal acetylenes is 1. The molecule has 1 saturated heterocycles. The van der Waals surface area contributed by atoms with Gasteiger partial charge in [0.25, 0.3) is 5.91 Å². The average Bonchev–Trinajstić information content (AvgIpc) is 3.34.